The molecule has 0 bridgehead atoms. The summed E-state index contributed by atoms with van der Waals surface area (Å²) in [5.41, 5.74) is 1.70. The average molecular weight is 307 g/mol. The van der Waals surface area contributed by atoms with Crippen molar-refractivity contribution in [1.29, 1.82) is 5.26 Å². The molecule has 1 aromatic carbocycles. The molecule has 4 heteroatoms. The van der Waals surface area contributed by atoms with Crippen molar-refractivity contribution in [2.45, 2.75) is 32.2 Å². The van der Waals surface area contributed by atoms with E-state index < -0.39 is 0 Å². The van der Waals surface area contributed by atoms with Gasteiger partial charge in [0, 0.05) is 11.0 Å². The Hall–Kier alpha value is -1.34. The summed E-state index contributed by atoms with van der Waals surface area (Å²) >= 11 is 3.41. The number of amides is 1. The van der Waals surface area contributed by atoms with E-state index in [4.69, 9.17) is 5.26 Å². The van der Waals surface area contributed by atoms with Gasteiger partial charge in [-0.2, -0.15) is 5.26 Å². The van der Waals surface area contributed by atoms with Gasteiger partial charge in [0.2, 0.25) is 0 Å². The van der Waals surface area contributed by atoms with Crippen LogP contribution >= 0.6 is 15.9 Å². The van der Waals surface area contributed by atoms with Crippen molar-refractivity contribution < 1.29 is 4.79 Å². The molecule has 1 amide bonds. The molecule has 0 N–H and O–H groups in total. The molecule has 0 saturated carbocycles. The van der Waals surface area contributed by atoms with Gasteiger partial charge in [0.05, 0.1) is 11.6 Å². The topological polar surface area (TPSA) is 44.1 Å². The Balaban J connectivity index is 2.30. The predicted octanol–water partition coefficient (Wildman–Crippen LogP) is 3.28. The highest BCUT2D eigenvalue weighted by molar-refractivity contribution is 9.10. The Bertz CT molecular complexity index is 507. The van der Waals surface area contributed by atoms with Gasteiger partial charge in [0.1, 0.15) is 6.04 Å². The number of aryl methyl sites for hydroxylation is 1. The lowest BCUT2D eigenvalue weighted by atomic mass is 10.0. The van der Waals surface area contributed by atoms with Crippen LogP contribution in [0.15, 0.2) is 22.7 Å². The average Bonchev–Trinajstić information content (AvgIpc) is 2.40. The monoisotopic (exact) mass is 306 g/mol. The third-order valence-corrected chi connectivity index (χ3v) is 3.96. The van der Waals surface area contributed by atoms with Crippen LogP contribution in [-0.2, 0) is 0 Å². The number of nitriles is 1. The number of carbonyl (C=O) groups is 1. The highest BCUT2D eigenvalue weighted by atomic mass is 79.9. The first kappa shape index (κ1) is 13.1. The largest absolute Gasteiger partial charge is 0.323 e. The molecule has 18 heavy (non-hydrogen) atoms. The van der Waals surface area contributed by atoms with E-state index in [1.165, 1.54) is 0 Å². The lowest BCUT2D eigenvalue weighted by Gasteiger charge is -2.31. The molecule has 94 valence electrons. The van der Waals surface area contributed by atoms with Crippen molar-refractivity contribution in [3.63, 3.8) is 0 Å². The Morgan fingerprint density at radius 2 is 2.28 bits per heavy atom. The molecule has 0 radical (unpaired) electrons. The highest BCUT2D eigenvalue weighted by Crippen LogP contribution is 2.24. The van der Waals surface area contributed by atoms with Gasteiger partial charge in [-0.05, 0) is 54.2 Å². The second-order valence-electron chi connectivity index (χ2n) is 4.62. The van der Waals surface area contributed by atoms with Crippen LogP contribution in [0.3, 0.4) is 0 Å². The van der Waals surface area contributed by atoms with E-state index in [9.17, 15) is 4.79 Å². The van der Waals surface area contributed by atoms with Crippen molar-refractivity contribution in [2.24, 2.45) is 0 Å². The zero-order chi connectivity index (χ0) is 13.1. The summed E-state index contributed by atoms with van der Waals surface area (Å²) in [5, 5.41) is 9.13. The van der Waals surface area contributed by atoms with Gasteiger partial charge >= 0.3 is 0 Å². The molecule has 1 aliphatic heterocycles. The number of halogens is 1. The number of likely N-dealkylation sites (tertiary alicyclic amines) is 1. The summed E-state index contributed by atoms with van der Waals surface area (Å²) in [5.74, 6) is -0.0446. The molecule has 3 nitrogen and oxygen atoms in total. The van der Waals surface area contributed by atoms with E-state index in [1.807, 2.05) is 25.1 Å². The van der Waals surface area contributed by atoms with E-state index in [0.717, 1.165) is 29.3 Å². The number of rotatable bonds is 1. The lowest BCUT2D eigenvalue weighted by molar-refractivity contribution is 0.0669. The van der Waals surface area contributed by atoms with Crippen molar-refractivity contribution in [3.8, 4) is 6.07 Å². The van der Waals surface area contributed by atoms with Crippen LogP contribution in [0.4, 0.5) is 0 Å². The van der Waals surface area contributed by atoms with E-state index in [2.05, 4.69) is 22.0 Å². The van der Waals surface area contributed by atoms with Gasteiger partial charge in [-0.1, -0.05) is 11.6 Å². The third kappa shape index (κ3) is 2.56. The van der Waals surface area contributed by atoms with Gasteiger partial charge in [-0.25, -0.2) is 0 Å². The number of carbonyl (C=O) groups excluding carboxylic acids is 1. The van der Waals surface area contributed by atoms with Crippen LogP contribution in [0, 0.1) is 18.3 Å². The van der Waals surface area contributed by atoms with Crippen molar-refractivity contribution in [1.82, 2.24) is 4.90 Å². The molecule has 1 fully saturated rings. The fourth-order valence-electron chi connectivity index (χ4n) is 2.27. The van der Waals surface area contributed by atoms with Crippen molar-refractivity contribution >= 4 is 21.8 Å². The maximum absolute atomic E-state index is 12.5. The minimum absolute atomic E-state index is 0.0446. The first-order valence-electron chi connectivity index (χ1n) is 6.10. The molecule has 2 rings (SSSR count). The predicted molar refractivity (Wildman–Crippen MR) is 73.2 cm³/mol. The number of benzene rings is 1. The highest BCUT2D eigenvalue weighted by Gasteiger charge is 2.28. The van der Waals surface area contributed by atoms with E-state index in [0.29, 0.717) is 12.1 Å². The standard InChI is InChI=1S/C14H15BrN2O/c1-10-5-6-13(15)12(8-10)14(18)17-7-3-2-4-11(17)9-16/h5-6,8,11H,2-4,7H2,1H3. The molecule has 1 heterocycles. The van der Waals surface area contributed by atoms with Crippen LogP contribution < -0.4 is 0 Å². The minimum Gasteiger partial charge on any atom is -0.323 e. The van der Waals surface area contributed by atoms with Gasteiger partial charge < -0.3 is 4.90 Å². The normalized spacial score (nSPS) is 19.4. The Morgan fingerprint density at radius 1 is 1.50 bits per heavy atom. The smallest absolute Gasteiger partial charge is 0.256 e. The summed E-state index contributed by atoms with van der Waals surface area (Å²) in [6.45, 7) is 2.64. The number of hydrogen-bond acceptors (Lipinski definition) is 2. The fraction of sp³-hybridized carbons (Fsp3) is 0.429. The maximum Gasteiger partial charge on any atom is 0.256 e. The summed E-state index contributed by atoms with van der Waals surface area (Å²) < 4.78 is 0.792. The SMILES string of the molecule is Cc1ccc(Br)c(C(=O)N2CCCCC2C#N)c1. The third-order valence-electron chi connectivity index (χ3n) is 3.26. The fourth-order valence-corrected chi connectivity index (χ4v) is 2.68. The molecule has 1 unspecified atom stereocenters. The van der Waals surface area contributed by atoms with Crippen LogP contribution in [0.5, 0.6) is 0 Å². The van der Waals surface area contributed by atoms with Crippen molar-refractivity contribution in [3.05, 3.63) is 33.8 Å². The van der Waals surface area contributed by atoms with E-state index >= 15 is 0 Å². The van der Waals surface area contributed by atoms with E-state index in [1.54, 1.807) is 4.90 Å². The summed E-state index contributed by atoms with van der Waals surface area (Å²) in [7, 11) is 0. The molecule has 1 aromatic rings. The Kier molecular flexibility index (Phi) is 4.03. The first-order chi connectivity index (χ1) is 8.63. The molecule has 1 atom stereocenters. The maximum atomic E-state index is 12.5. The van der Waals surface area contributed by atoms with E-state index in [-0.39, 0.29) is 11.9 Å². The molecule has 0 aliphatic carbocycles. The summed E-state index contributed by atoms with van der Waals surface area (Å²) in [4.78, 5) is 14.2. The second-order valence-corrected chi connectivity index (χ2v) is 5.48. The number of nitrogens with zero attached hydrogens (tertiary/aromatic N) is 2. The van der Waals surface area contributed by atoms with Crippen LogP contribution in [-0.4, -0.2) is 23.4 Å². The quantitative estimate of drug-likeness (QED) is 0.799. The van der Waals surface area contributed by atoms with Crippen LogP contribution in [0.1, 0.15) is 35.2 Å². The molecule has 0 aromatic heterocycles. The van der Waals surface area contributed by atoms with Gasteiger partial charge in [0.25, 0.3) is 5.91 Å². The lowest BCUT2D eigenvalue weighted by Crippen LogP contribution is -2.43. The number of hydrogen-bond donors (Lipinski definition) is 0. The second kappa shape index (κ2) is 5.53. The molecule has 1 saturated heterocycles. The van der Waals surface area contributed by atoms with Crippen LogP contribution in [0.2, 0.25) is 0 Å². The Labute approximate surface area is 116 Å². The van der Waals surface area contributed by atoms with Crippen molar-refractivity contribution in [2.75, 3.05) is 6.54 Å². The molecular formula is C14H15BrN2O. The van der Waals surface area contributed by atoms with Gasteiger partial charge in [-0.15, -0.1) is 0 Å². The van der Waals surface area contributed by atoms with Gasteiger partial charge in [-0.3, -0.25) is 4.79 Å². The minimum atomic E-state index is -0.279. The number of piperidine rings is 1. The zero-order valence-corrected chi connectivity index (χ0v) is 11.9. The Morgan fingerprint density at radius 3 is 3.00 bits per heavy atom. The van der Waals surface area contributed by atoms with Crippen LogP contribution in [0.25, 0.3) is 0 Å². The first-order valence-corrected chi connectivity index (χ1v) is 6.89. The molecule has 1 aliphatic rings. The summed E-state index contributed by atoms with van der Waals surface area (Å²) in [6.07, 6.45) is 2.79. The zero-order valence-electron chi connectivity index (χ0n) is 10.3. The molecule has 0 spiro atoms. The van der Waals surface area contributed by atoms with Gasteiger partial charge in [0.15, 0.2) is 0 Å². The summed E-state index contributed by atoms with van der Waals surface area (Å²) in [6, 6.07) is 7.66. The molecular weight excluding hydrogens is 292 g/mol.